The van der Waals surface area contributed by atoms with Gasteiger partial charge in [0.15, 0.2) is 0 Å². The van der Waals surface area contributed by atoms with Crippen molar-refractivity contribution >= 4 is 0 Å². The Bertz CT molecular complexity index is 570. The van der Waals surface area contributed by atoms with Crippen LogP contribution in [0.1, 0.15) is 17.3 Å². The van der Waals surface area contributed by atoms with Crippen LogP contribution in [0.3, 0.4) is 0 Å². The minimum absolute atomic E-state index is 0.186. The van der Waals surface area contributed by atoms with Gasteiger partial charge >= 0.3 is 0 Å². The van der Waals surface area contributed by atoms with Crippen LogP contribution in [-0.2, 0) is 18.2 Å². The first kappa shape index (κ1) is 14.2. The lowest BCUT2D eigenvalue weighted by atomic mass is 10.0. The van der Waals surface area contributed by atoms with Crippen LogP contribution in [0.2, 0.25) is 0 Å². The Hall–Kier alpha value is -1.79. The summed E-state index contributed by atoms with van der Waals surface area (Å²) in [6.07, 6.45) is 4.98. The summed E-state index contributed by atoms with van der Waals surface area (Å²) < 4.78 is 7.38. The van der Waals surface area contributed by atoms with Crippen molar-refractivity contribution in [1.29, 1.82) is 0 Å². The Balaban J connectivity index is 1.61. The number of hydrogen-bond acceptors (Lipinski definition) is 5. The molecule has 2 atom stereocenters. The number of ether oxygens (including phenoxy) is 1. The van der Waals surface area contributed by atoms with Crippen LogP contribution >= 0.6 is 0 Å². The molecule has 0 aliphatic carbocycles. The lowest BCUT2D eigenvalue weighted by Gasteiger charge is -2.14. The van der Waals surface area contributed by atoms with Gasteiger partial charge in [-0.1, -0.05) is 11.3 Å². The highest BCUT2D eigenvalue weighted by atomic mass is 16.5. The molecule has 1 saturated heterocycles. The summed E-state index contributed by atoms with van der Waals surface area (Å²) in [7, 11) is 3.67. The molecule has 0 bridgehead atoms. The van der Waals surface area contributed by atoms with Gasteiger partial charge in [0.25, 0.3) is 0 Å². The summed E-state index contributed by atoms with van der Waals surface area (Å²) in [4.78, 5) is 6.79. The number of hydrogen-bond donors (Lipinski definition) is 0. The molecule has 112 valence electrons. The fourth-order valence-electron chi connectivity index (χ4n) is 2.91. The lowest BCUT2D eigenvalue weighted by Crippen LogP contribution is -2.25. The molecule has 0 spiro atoms. The van der Waals surface area contributed by atoms with Crippen LogP contribution < -0.4 is 0 Å². The van der Waals surface area contributed by atoms with E-state index in [0.717, 1.165) is 37.4 Å². The van der Waals surface area contributed by atoms with Crippen molar-refractivity contribution in [2.24, 2.45) is 7.05 Å². The molecule has 1 aliphatic rings. The number of likely N-dealkylation sites (tertiary alicyclic amines) is 1. The van der Waals surface area contributed by atoms with Gasteiger partial charge in [-0.25, -0.2) is 0 Å². The quantitative estimate of drug-likeness (QED) is 0.816. The van der Waals surface area contributed by atoms with Crippen molar-refractivity contribution in [3.05, 3.63) is 42.0 Å². The smallest absolute Gasteiger partial charge is 0.0897 e. The zero-order valence-electron chi connectivity index (χ0n) is 12.5. The van der Waals surface area contributed by atoms with E-state index < -0.39 is 0 Å². The summed E-state index contributed by atoms with van der Waals surface area (Å²) in [5.41, 5.74) is 2.15. The van der Waals surface area contributed by atoms with E-state index >= 15 is 0 Å². The molecule has 1 aliphatic heterocycles. The van der Waals surface area contributed by atoms with Crippen LogP contribution in [0.15, 0.2) is 30.6 Å². The number of aromatic nitrogens is 4. The van der Waals surface area contributed by atoms with Gasteiger partial charge in [0.1, 0.15) is 0 Å². The van der Waals surface area contributed by atoms with Crippen molar-refractivity contribution in [1.82, 2.24) is 24.9 Å². The summed E-state index contributed by atoms with van der Waals surface area (Å²) in [5.74, 6) is 0.299. The number of nitrogens with zero attached hydrogens (tertiary/aromatic N) is 5. The molecular formula is C15H21N5O. The van der Waals surface area contributed by atoms with Gasteiger partial charge in [-0.3, -0.25) is 14.6 Å². The van der Waals surface area contributed by atoms with E-state index in [1.807, 2.05) is 31.6 Å². The van der Waals surface area contributed by atoms with Crippen molar-refractivity contribution in [2.45, 2.75) is 18.4 Å². The van der Waals surface area contributed by atoms with Gasteiger partial charge < -0.3 is 4.74 Å². The Labute approximate surface area is 124 Å². The second-order valence-corrected chi connectivity index (χ2v) is 5.53. The molecule has 0 aromatic carbocycles. The Kier molecular flexibility index (Phi) is 4.26. The minimum atomic E-state index is 0.186. The average Bonchev–Trinajstić information content (AvgIpc) is 3.12. The molecule has 21 heavy (non-hydrogen) atoms. The molecule has 0 N–H and O–H groups in total. The molecule has 6 heteroatoms. The fraction of sp³-hybridized carbons (Fsp3) is 0.533. The molecule has 0 radical (unpaired) electrons. The molecular weight excluding hydrogens is 266 g/mol. The van der Waals surface area contributed by atoms with Crippen LogP contribution in [0.25, 0.3) is 0 Å². The first-order chi connectivity index (χ1) is 10.3. The van der Waals surface area contributed by atoms with Gasteiger partial charge in [0.2, 0.25) is 0 Å². The maximum Gasteiger partial charge on any atom is 0.0897 e. The molecule has 0 saturated carbocycles. The zero-order valence-corrected chi connectivity index (χ0v) is 12.5. The molecule has 3 rings (SSSR count). The van der Waals surface area contributed by atoms with Crippen molar-refractivity contribution in [3.8, 4) is 0 Å². The highest BCUT2D eigenvalue weighted by molar-refractivity contribution is 5.10. The molecule has 3 heterocycles. The highest BCUT2D eigenvalue weighted by Gasteiger charge is 2.35. The van der Waals surface area contributed by atoms with Crippen LogP contribution in [0.5, 0.6) is 0 Å². The summed E-state index contributed by atoms with van der Waals surface area (Å²) in [6, 6.07) is 6.06. The molecule has 1 fully saturated rings. The Morgan fingerprint density at radius 1 is 1.33 bits per heavy atom. The lowest BCUT2D eigenvalue weighted by molar-refractivity contribution is 0.0964. The van der Waals surface area contributed by atoms with Crippen LogP contribution in [0.4, 0.5) is 0 Å². The molecule has 2 aromatic rings. The van der Waals surface area contributed by atoms with E-state index in [2.05, 4.69) is 26.3 Å². The Morgan fingerprint density at radius 2 is 2.24 bits per heavy atom. The second kappa shape index (κ2) is 6.32. The second-order valence-electron chi connectivity index (χ2n) is 5.53. The third-order valence-electron chi connectivity index (χ3n) is 4.06. The molecule has 0 amide bonds. The number of methoxy groups -OCH3 is 1. The largest absolute Gasteiger partial charge is 0.379 e. The van der Waals surface area contributed by atoms with Crippen molar-refractivity contribution < 1.29 is 4.74 Å². The van der Waals surface area contributed by atoms with Crippen molar-refractivity contribution in [3.63, 3.8) is 0 Å². The number of aryl methyl sites for hydroxylation is 1. The third-order valence-corrected chi connectivity index (χ3v) is 4.06. The van der Waals surface area contributed by atoms with E-state index in [-0.39, 0.29) is 6.10 Å². The predicted octanol–water partition coefficient (Wildman–Crippen LogP) is 0.867. The third kappa shape index (κ3) is 3.28. The predicted molar refractivity (Wildman–Crippen MR) is 78.9 cm³/mol. The minimum Gasteiger partial charge on any atom is -0.379 e. The van der Waals surface area contributed by atoms with Gasteiger partial charge in [-0.2, -0.15) is 0 Å². The van der Waals surface area contributed by atoms with E-state index in [1.165, 1.54) is 0 Å². The number of rotatable bonds is 5. The summed E-state index contributed by atoms with van der Waals surface area (Å²) in [6.45, 7) is 2.89. The van der Waals surface area contributed by atoms with Gasteiger partial charge in [0.05, 0.1) is 11.8 Å². The first-order valence-corrected chi connectivity index (χ1v) is 7.27. The number of pyridine rings is 1. The maximum atomic E-state index is 5.64. The molecule has 2 aromatic heterocycles. The Morgan fingerprint density at radius 3 is 2.90 bits per heavy atom. The molecule has 0 unspecified atom stereocenters. The van der Waals surface area contributed by atoms with Crippen molar-refractivity contribution in [2.75, 3.05) is 26.7 Å². The van der Waals surface area contributed by atoms with Crippen LogP contribution in [0, 0.1) is 0 Å². The molecule has 6 nitrogen and oxygen atoms in total. The van der Waals surface area contributed by atoms with Crippen LogP contribution in [-0.4, -0.2) is 57.7 Å². The standard InChI is InChI=1S/C15H21N5O/c1-19-10-14(17-18-19)13-9-20(11-15(13)21-2)8-6-12-5-3-4-7-16-12/h3-5,7,10,13,15H,6,8-9,11H2,1-2H3/t13-,15+/m0/s1. The van der Waals surface area contributed by atoms with E-state index in [0.29, 0.717) is 5.92 Å². The van der Waals surface area contributed by atoms with Gasteiger partial charge in [-0.15, -0.1) is 5.10 Å². The first-order valence-electron chi connectivity index (χ1n) is 7.27. The topological polar surface area (TPSA) is 56.1 Å². The summed E-state index contributed by atoms with van der Waals surface area (Å²) in [5, 5.41) is 8.27. The maximum absolute atomic E-state index is 5.64. The fourth-order valence-corrected chi connectivity index (χ4v) is 2.91. The van der Waals surface area contributed by atoms with Gasteiger partial charge in [0, 0.05) is 64.2 Å². The van der Waals surface area contributed by atoms with E-state index in [1.54, 1.807) is 11.8 Å². The normalized spacial score (nSPS) is 22.8. The van der Waals surface area contributed by atoms with Gasteiger partial charge in [-0.05, 0) is 12.1 Å². The van der Waals surface area contributed by atoms with E-state index in [9.17, 15) is 0 Å². The zero-order chi connectivity index (χ0) is 14.7. The summed E-state index contributed by atoms with van der Waals surface area (Å²) >= 11 is 0. The van der Waals surface area contributed by atoms with E-state index in [4.69, 9.17) is 4.74 Å². The SMILES string of the molecule is CO[C@@H]1CN(CCc2ccccn2)C[C@H]1c1cn(C)nn1. The average molecular weight is 287 g/mol. The highest BCUT2D eigenvalue weighted by Crippen LogP contribution is 2.27. The monoisotopic (exact) mass is 287 g/mol.